The lowest BCUT2D eigenvalue weighted by atomic mass is 9.83. The van der Waals surface area contributed by atoms with Gasteiger partial charge in [0.05, 0.1) is 0 Å². The largest absolute Gasteiger partial charge is 0.386 e. The van der Waals surface area contributed by atoms with Gasteiger partial charge >= 0.3 is 0 Å². The van der Waals surface area contributed by atoms with E-state index in [2.05, 4.69) is 10.1 Å². The van der Waals surface area contributed by atoms with Crippen LogP contribution in [0, 0.1) is 5.41 Å². The molecule has 0 fully saturated rings. The highest BCUT2D eigenvalue weighted by atomic mass is 35.5. The van der Waals surface area contributed by atoms with Crippen LogP contribution in [0.1, 0.15) is 38.5 Å². The van der Waals surface area contributed by atoms with Crippen LogP contribution in [-0.4, -0.2) is 25.7 Å². The Kier molecular flexibility index (Phi) is 4.44. The highest BCUT2D eigenvalue weighted by molar-refractivity contribution is 6.30. The summed E-state index contributed by atoms with van der Waals surface area (Å²) in [5, 5.41) is 15.2. The van der Waals surface area contributed by atoms with Gasteiger partial charge in [0.15, 0.2) is 5.78 Å². The molecule has 1 aromatic carbocycles. The quantitative estimate of drug-likeness (QED) is 0.943. The Morgan fingerprint density at radius 2 is 1.90 bits per heavy atom. The molecule has 0 radical (unpaired) electrons. The first-order chi connectivity index (χ1) is 9.80. The summed E-state index contributed by atoms with van der Waals surface area (Å²) < 4.78 is 1.40. The van der Waals surface area contributed by atoms with E-state index in [4.69, 9.17) is 11.6 Å². The standard InChI is InChI=1S/C15H18ClN3O2/c1-15(2,3)14(21)12(19-9-17-8-18-19)13(20)10-4-6-11(16)7-5-10/h4-9,12-13,20H,1-3H3. The fourth-order valence-corrected chi connectivity index (χ4v) is 2.18. The van der Waals surface area contributed by atoms with Gasteiger partial charge in [0.25, 0.3) is 0 Å². The minimum Gasteiger partial charge on any atom is -0.386 e. The number of carbonyl (C=O) groups excluding carboxylic acids is 1. The number of halogens is 1. The van der Waals surface area contributed by atoms with Crippen LogP contribution in [0.25, 0.3) is 0 Å². The molecule has 0 aliphatic heterocycles. The van der Waals surface area contributed by atoms with E-state index in [-0.39, 0.29) is 5.78 Å². The average molecular weight is 308 g/mol. The molecule has 1 aromatic heterocycles. The first kappa shape index (κ1) is 15.7. The van der Waals surface area contributed by atoms with E-state index in [1.807, 2.05) is 20.8 Å². The number of rotatable bonds is 4. The van der Waals surface area contributed by atoms with Gasteiger partial charge in [-0.2, -0.15) is 5.10 Å². The van der Waals surface area contributed by atoms with Gasteiger partial charge in [-0.15, -0.1) is 0 Å². The van der Waals surface area contributed by atoms with Crippen molar-refractivity contribution in [1.82, 2.24) is 14.8 Å². The fourth-order valence-electron chi connectivity index (χ4n) is 2.06. The van der Waals surface area contributed by atoms with Crippen LogP contribution in [0.4, 0.5) is 0 Å². The smallest absolute Gasteiger partial charge is 0.165 e. The maximum absolute atomic E-state index is 12.7. The number of aromatic nitrogens is 3. The molecule has 2 aromatic rings. The maximum Gasteiger partial charge on any atom is 0.165 e. The molecule has 0 bridgehead atoms. The second-order valence-corrected chi connectivity index (χ2v) is 6.37. The fraction of sp³-hybridized carbons (Fsp3) is 0.400. The molecular formula is C15H18ClN3O2. The van der Waals surface area contributed by atoms with Gasteiger partial charge in [0.1, 0.15) is 24.8 Å². The Bertz CT molecular complexity index is 603. The number of nitrogens with zero attached hydrogens (tertiary/aromatic N) is 3. The van der Waals surface area contributed by atoms with Crippen molar-refractivity contribution >= 4 is 17.4 Å². The van der Waals surface area contributed by atoms with Crippen LogP contribution in [0.5, 0.6) is 0 Å². The number of hydrogen-bond donors (Lipinski definition) is 1. The van der Waals surface area contributed by atoms with Crippen molar-refractivity contribution in [3.63, 3.8) is 0 Å². The summed E-state index contributed by atoms with van der Waals surface area (Å²) >= 11 is 5.85. The van der Waals surface area contributed by atoms with E-state index in [0.717, 1.165) is 0 Å². The number of Topliss-reactive ketones (excluding diaryl/α,β-unsaturated/α-hetero) is 1. The van der Waals surface area contributed by atoms with Gasteiger partial charge < -0.3 is 5.11 Å². The molecule has 1 heterocycles. The molecule has 0 saturated carbocycles. The molecule has 21 heavy (non-hydrogen) atoms. The molecule has 0 aliphatic rings. The lowest BCUT2D eigenvalue weighted by molar-refractivity contribution is -0.133. The molecule has 0 aliphatic carbocycles. The number of ketones is 1. The minimum atomic E-state index is -1.02. The van der Waals surface area contributed by atoms with E-state index >= 15 is 0 Å². The predicted octanol–water partition coefficient (Wildman–Crippen LogP) is 2.82. The Labute approximate surface area is 128 Å². The molecule has 0 spiro atoms. The van der Waals surface area contributed by atoms with Gasteiger partial charge in [0, 0.05) is 10.4 Å². The Hall–Kier alpha value is -1.72. The second-order valence-electron chi connectivity index (χ2n) is 5.93. The third kappa shape index (κ3) is 3.49. The Morgan fingerprint density at radius 1 is 1.29 bits per heavy atom. The summed E-state index contributed by atoms with van der Waals surface area (Å²) in [6.07, 6.45) is 1.76. The predicted molar refractivity (Wildman–Crippen MR) is 79.9 cm³/mol. The third-order valence-corrected chi connectivity index (χ3v) is 3.49. The summed E-state index contributed by atoms with van der Waals surface area (Å²) in [4.78, 5) is 16.5. The summed E-state index contributed by atoms with van der Waals surface area (Å²) in [6, 6.07) is 5.94. The molecule has 5 nitrogen and oxygen atoms in total. The van der Waals surface area contributed by atoms with E-state index in [9.17, 15) is 9.90 Å². The highest BCUT2D eigenvalue weighted by Crippen LogP contribution is 2.33. The van der Waals surface area contributed by atoms with Gasteiger partial charge in [-0.05, 0) is 17.7 Å². The van der Waals surface area contributed by atoms with Crippen LogP contribution in [0.3, 0.4) is 0 Å². The molecule has 0 saturated heterocycles. The van der Waals surface area contributed by atoms with Crippen LogP contribution >= 0.6 is 11.6 Å². The van der Waals surface area contributed by atoms with Gasteiger partial charge in [-0.1, -0.05) is 44.5 Å². The Morgan fingerprint density at radius 3 is 2.38 bits per heavy atom. The van der Waals surface area contributed by atoms with Crippen molar-refractivity contribution in [3.8, 4) is 0 Å². The van der Waals surface area contributed by atoms with Crippen molar-refractivity contribution < 1.29 is 9.90 Å². The van der Waals surface area contributed by atoms with Gasteiger partial charge in [0.2, 0.25) is 0 Å². The van der Waals surface area contributed by atoms with Crippen molar-refractivity contribution in [3.05, 3.63) is 47.5 Å². The zero-order valence-electron chi connectivity index (χ0n) is 12.2. The normalized spacial score (nSPS) is 14.7. The van der Waals surface area contributed by atoms with E-state index in [1.165, 1.54) is 17.3 Å². The monoisotopic (exact) mass is 307 g/mol. The summed E-state index contributed by atoms with van der Waals surface area (Å²) in [7, 11) is 0. The number of benzene rings is 1. The highest BCUT2D eigenvalue weighted by Gasteiger charge is 2.37. The van der Waals surface area contributed by atoms with E-state index in [1.54, 1.807) is 24.3 Å². The van der Waals surface area contributed by atoms with Gasteiger partial charge in [-0.25, -0.2) is 9.67 Å². The minimum absolute atomic E-state index is 0.115. The molecule has 112 valence electrons. The number of aliphatic hydroxyl groups is 1. The zero-order chi connectivity index (χ0) is 15.6. The summed E-state index contributed by atoms with van der Waals surface area (Å²) in [5.74, 6) is -0.115. The lowest BCUT2D eigenvalue weighted by Gasteiger charge is -2.28. The number of hydrogen-bond acceptors (Lipinski definition) is 4. The molecular weight excluding hydrogens is 290 g/mol. The number of aliphatic hydroxyl groups excluding tert-OH is 1. The van der Waals surface area contributed by atoms with Crippen molar-refractivity contribution in [2.45, 2.75) is 32.9 Å². The molecule has 0 amide bonds. The molecule has 6 heteroatoms. The average Bonchev–Trinajstić information content (AvgIpc) is 2.92. The first-order valence-corrected chi connectivity index (χ1v) is 7.00. The maximum atomic E-state index is 12.7. The van der Waals surface area contributed by atoms with E-state index in [0.29, 0.717) is 10.6 Å². The zero-order valence-corrected chi connectivity index (χ0v) is 12.9. The lowest BCUT2D eigenvalue weighted by Crippen LogP contribution is -2.34. The summed E-state index contributed by atoms with van der Waals surface area (Å²) in [6.45, 7) is 5.44. The van der Waals surface area contributed by atoms with Crippen LogP contribution in [0.15, 0.2) is 36.9 Å². The van der Waals surface area contributed by atoms with Crippen molar-refractivity contribution in [2.24, 2.45) is 5.41 Å². The van der Waals surface area contributed by atoms with Crippen LogP contribution < -0.4 is 0 Å². The summed E-state index contributed by atoms with van der Waals surface area (Å²) in [5.41, 5.74) is 0.00168. The van der Waals surface area contributed by atoms with Crippen LogP contribution in [-0.2, 0) is 4.79 Å². The third-order valence-electron chi connectivity index (χ3n) is 3.24. The van der Waals surface area contributed by atoms with Crippen molar-refractivity contribution in [1.29, 1.82) is 0 Å². The molecule has 1 N–H and O–H groups in total. The number of carbonyl (C=O) groups is 1. The van der Waals surface area contributed by atoms with Gasteiger partial charge in [-0.3, -0.25) is 4.79 Å². The van der Waals surface area contributed by atoms with Crippen LogP contribution in [0.2, 0.25) is 5.02 Å². The molecule has 2 rings (SSSR count). The Balaban J connectivity index is 2.40. The SMILES string of the molecule is CC(C)(C)C(=O)C(C(O)c1ccc(Cl)cc1)n1cncn1. The second kappa shape index (κ2) is 5.95. The van der Waals surface area contributed by atoms with Crippen molar-refractivity contribution in [2.75, 3.05) is 0 Å². The molecule has 2 atom stereocenters. The first-order valence-electron chi connectivity index (χ1n) is 6.62. The molecule has 2 unspecified atom stereocenters. The topological polar surface area (TPSA) is 68.0 Å². The van der Waals surface area contributed by atoms with E-state index < -0.39 is 17.6 Å².